The van der Waals surface area contributed by atoms with Gasteiger partial charge in [-0.1, -0.05) is 112 Å². The Morgan fingerprint density at radius 1 is 0.861 bits per heavy atom. The molecule has 0 saturated carbocycles. The van der Waals surface area contributed by atoms with Crippen molar-refractivity contribution < 1.29 is 18.7 Å². The lowest BCUT2D eigenvalue weighted by Gasteiger charge is -2.43. The zero-order chi connectivity index (χ0) is 25.6. The molecule has 6 heteroatoms. The summed E-state index contributed by atoms with van der Waals surface area (Å²) in [6, 6.07) is 31.2. The fourth-order valence-electron chi connectivity index (χ4n) is 4.97. The van der Waals surface area contributed by atoms with Crippen LogP contribution in [0.4, 0.5) is 0 Å². The standard InChI is InChI=1S/C30H35IO4Si/c1-30(2,3)36(25-15-9-5-10-16-25,26-17-11-6-12-18-26)34-22-24-19-20-27(28(32)29(31)35-24)33-21-23-13-7-4-8-14-23/h4-18,24,27,29H,19-22H2,1-3H3/t24-,27+,29?/m0/s1. The molecular formula is C30H35IO4Si. The van der Waals surface area contributed by atoms with Crippen LogP contribution in [0.3, 0.4) is 0 Å². The summed E-state index contributed by atoms with van der Waals surface area (Å²) in [6.07, 6.45) is 0.691. The molecule has 3 aromatic rings. The van der Waals surface area contributed by atoms with E-state index in [-0.39, 0.29) is 16.9 Å². The van der Waals surface area contributed by atoms with Crippen LogP contribution in [0, 0.1) is 0 Å². The Balaban J connectivity index is 1.53. The summed E-state index contributed by atoms with van der Waals surface area (Å²) in [7, 11) is -2.66. The van der Waals surface area contributed by atoms with Gasteiger partial charge in [0.05, 0.1) is 19.3 Å². The second-order valence-corrected chi connectivity index (χ2v) is 15.8. The van der Waals surface area contributed by atoms with Crippen molar-refractivity contribution in [2.45, 2.75) is 61.6 Å². The van der Waals surface area contributed by atoms with E-state index in [4.69, 9.17) is 13.9 Å². The van der Waals surface area contributed by atoms with E-state index in [1.165, 1.54) is 10.4 Å². The smallest absolute Gasteiger partial charge is 0.261 e. The summed E-state index contributed by atoms with van der Waals surface area (Å²) in [5.74, 6) is -0.000482. The lowest BCUT2D eigenvalue weighted by molar-refractivity contribution is -0.136. The van der Waals surface area contributed by atoms with E-state index in [1.54, 1.807) is 0 Å². The van der Waals surface area contributed by atoms with Crippen LogP contribution < -0.4 is 10.4 Å². The molecule has 0 bridgehead atoms. The Kier molecular flexibility index (Phi) is 9.17. The molecule has 0 amide bonds. The molecule has 190 valence electrons. The zero-order valence-corrected chi connectivity index (χ0v) is 24.4. The third-order valence-corrected chi connectivity index (χ3v) is 12.7. The van der Waals surface area contributed by atoms with Crippen LogP contribution in [0.25, 0.3) is 0 Å². The number of ketones is 1. The lowest BCUT2D eigenvalue weighted by Crippen LogP contribution is -2.67. The second-order valence-electron chi connectivity index (χ2n) is 10.3. The van der Waals surface area contributed by atoms with Crippen molar-refractivity contribution in [3.05, 3.63) is 96.6 Å². The monoisotopic (exact) mass is 614 g/mol. The fourth-order valence-corrected chi connectivity index (χ4v) is 10.4. The summed E-state index contributed by atoms with van der Waals surface area (Å²) < 4.78 is 18.8. The summed E-state index contributed by atoms with van der Waals surface area (Å²) in [6.45, 7) is 7.66. The Bertz CT molecular complexity index is 1060. The van der Waals surface area contributed by atoms with Crippen molar-refractivity contribution in [2.24, 2.45) is 0 Å². The van der Waals surface area contributed by atoms with Crippen molar-refractivity contribution in [1.29, 1.82) is 0 Å². The molecule has 0 spiro atoms. The lowest BCUT2D eigenvalue weighted by atomic mass is 10.1. The average Bonchev–Trinajstić information content (AvgIpc) is 3.02. The van der Waals surface area contributed by atoms with Crippen molar-refractivity contribution in [1.82, 2.24) is 0 Å². The largest absolute Gasteiger partial charge is 0.405 e. The fraction of sp³-hybridized carbons (Fsp3) is 0.367. The quantitative estimate of drug-likeness (QED) is 0.187. The predicted octanol–water partition coefficient (Wildman–Crippen LogP) is 5.66. The summed E-state index contributed by atoms with van der Waals surface area (Å²) in [5, 5.41) is 2.37. The Morgan fingerprint density at radius 3 is 1.92 bits per heavy atom. The average molecular weight is 615 g/mol. The first-order valence-electron chi connectivity index (χ1n) is 12.5. The topological polar surface area (TPSA) is 44.8 Å². The SMILES string of the molecule is CC(C)(C)[Si](OC[C@@H]1CC[C@@H](OCc2ccccc2)C(=O)C(I)O1)(c1ccccc1)c1ccccc1. The van der Waals surface area contributed by atoms with E-state index in [0.29, 0.717) is 26.1 Å². The molecule has 3 atom stereocenters. The number of hydrogen-bond acceptors (Lipinski definition) is 4. The van der Waals surface area contributed by atoms with Gasteiger partial charge in [0, 0.05) is 0 Å². The molecule has 36 heavy (non-hydrogen) atoms. The van der Waals surface area contributed by atoms with Crippen LogP contribution in [-0.4, -0.2) is 37.0 Å². The van der Waals surface area contributed by atoms with Crippen molar-refractivity contribution >= 4 is 47.1 Å². The summed E-state index contributed by atoms with van der Waals surface area (Å²) in [4.78, 5) is 13.0. The van der Waals surface area contributed by atoms with Gasteiger partial charge in [0.1, 0.15) is 6.10 Å². The number of Topliss-reactive ketones (excluding diaryl/α,β-unsaturated/α-hetero) is 1. The summed E-state index contributed by atoms with van der Waals surface area (Å²) >= 11 is 2.10. The Labute approximate surface area is 229 Å². The van der Waals surface area contributed by atoms with Gasteiger partial charge in [-0.25, -0.2) is 0 Å². The van der Waals surface area contributed by atoms with Gasteiger partial charge in [-0.05, 0) is 56.4 Å². The maximum Gasteiger partial charge on any atom is 0.261 e. The van der Waals surface area contributed by atoms with E-state index in [1.807, 2.05) is 42.5 Å². The molecule has 1 saturated heterocycles. The van der Waals surface area contributed by atoms with E-state index < -0.39 is 18.5 Å². The van der Waals surface area contributed by atoms with Crippen LogP contribution in [-0.2, 0) is 25.3 Å². The van der Waals surface area contributed by atoms with E-state index in [2.05, 4.69) is 91.9 Å². The van der Waals surface area contributed by atoms with Gasteiger partial charge in [0.2, 0.25) is 0 Å². The maximum atomic E-state index is 13.0. The van der Waals surface area contributed by atoms with Gasteiger partial charge < -0.3 is 13.9 Å². The minimum atomic E-state index is -2.66. The van der Waals surface area contributed by atoms with E-state index in [0.717, 1.165) is 5.56 Å². The normalized spacial score (nSPS) is 21.2. The number of alkyl halides is 1. The molecular weight excluding hydrogens is 579 g/mol. The highest BCUT2D eigenvalue weighted by atomic mass is 127. The number of rotatable bonds is 8. The number of halogens is 1. The van der Waals surface area contributed by atoms with Gasteiger partial charge in [-0.3, -0.25) is 4.79 Å². The Hall–Kier alpha value is -1.84. The van der Waals surface area contributed by atoms with Gasteiger partial charge in [-0.2, -0.15) is 0 Å². The molecule has 1 aliphatic heterocycles. The minimum Gasteiger partial charge on any atom is -0.405 e. The van der Waals surface area contributed by atoms with Gasteiger partial charge in [0.25, 0.3) is 8.32 Å². The van der Waals surface area contributed by atoms with Crippen LogP contribution in [0.1, 0.15) is 39.2 Å². The molecule has 4 nitrogen and oxygen atoms in total. The molecule has 1 unspecified atom stereocenters. The molecule has 0 N–H and O–H groups in total. The number of carbonyl (C=O) groups is 1. The van der Waals surface area contributed by atoms with Crippen LogP contribution >= 0.6 is 22.6 Å². The molecule has 0 aromatic heterocycles. The van der Waals surface area contributed by atoms with Crippen molar-refractivity contribution in [3.8, 4) is 0 Å². The van der Waals surface area contributed by atoms with Crippen molar-refractivity contribution in [3.63, 3.8) is 0 Å². The maximum absolute atomic E-state index is 13.0. The predicted molar refractivity (Wildman–Crippen MR) is 156 cm³/mol. The highest BCUT2D eigenvalue weighted by Gasteiger charge is 2.50. The van der Waals surface area contributed by atoms with Crippen LogP contribution in [0.2, 0.25) is 5.04 Å². The van der Waals surface area contributed by atoms with Gasteiger partial charge >= 0.3 is 0 Å². The number of hydrogen-bond donors (Lipinski definition) is 0. The number of carbonyl (C=O) groups excluding carboxylic acids is 1. The third-order valence-electron chi connectivity index (χ3n) is 6.80. The number of ether oxygens (including phenoxy) is 2. The van der Waals surface area contributed by atoms with Gasteiger partial charge in [-0.15, -0.1) is 0 Å². The molecule has 0 radical (unpaired) electrons. The highest BCUT2D eigenvalue weighted by Crippen LogP contribution is 2.37. The van der Waals surface area contributed by atoms with Gasteiger partial charge in [0.15, 0.2) is 9.89 Å². The Morgan fingerprint density at radius 2 is 1.39 bits per heavy atom. The molecule has 0 aliphatic carbocycles. The second kappa shape index (κ2) is 12.1. The third kappa shape index (κ3) is 6.17. The number of benzene rings is 3. The molecule has 1 heterocycles. The van der Waals surface area contributed by atoms with E-state index >= 15 is 0 Å². The highest BCUT2D eigenvalue weighted by molar-refractivity contribution is 14.1. The molecule has 1 aliphatic rings. The first-order chi connectivity index (χ1) is 17.3. The first-order valence-corrected chi connectivity index (χ1v) is 15.7. The molecule has 4 rings (SSSR count). The summed E-state index contributed by atoms with van der Waals surface area (Å²) in [5.41, 5.74) is 1.06. The minimum absolute atomic E-state index is 0.000482. The van der Waals surface area contributed by atoms with Crippen molar-refractivity contribution in [2.75, 3.05) is 6.61 Å². The molecule has 1 fully saturated rings. The first kappa shape index (κ1) is 27.2. The zero-order valence-electron chi connectivity index (χ0n) is 21.2. The van der Waals surface area contributed by atoms with E-state index in [9.17, 15) is 4.79 Å². The molecule has 3 aromatic carbocycles. The van der Waals surface area contributed by atoms with Crippen LogP contribution in [0.5, 0.6) is 0 Å². The van der Waals surface area contributed by atoms with Crippen LogP contribution in [0.15, 0.2) is 91.0 Å².